The molecule has 1 heterocycles. The summed E-state index contributed by atoms with van der Waals surface area (Å²) in [6.07, 6.45) is 4.62. The van der Waals surface area contributed by atoms with Crippen molar-refractivity contribution in [1.82, 2.24) is 0 Å². The first-order valence-corrected chi connectivity index (χ1v) is 6.23. The van der Waals surface area contributed by atoms with Crippen molar-refractivity contribution in [3.05, 3.63) is 53.6 Å². The molecule has 2 aliphatic rings. The van der Waals surface area contributed by atoms with Gasteiger partial charge in [0.2, 0.25) is 0 Å². The van der Waals surface area contributed by atoms with Crippen LogP contribution >= 0.6 is 11.8 Å². The first-order chi connectivity index (χ1) is 7.43. The van der Waals surface area contributed by atoms with Gasteiger partial charge in [-0.15, -0.1) is 11.8 Å². The Hall–Kier alpha value is -1.21. The van der Waals surface area contributed by atoms with Crippen molar-refractivity contribution in [2.45, 2.75) is 10.5 Å². The molecule has 15 heavy (non-hydrogen) atoms. The molecular formula is C14H10S. The highest BCUT2D eigenvalue weighted by molar-refractivity contribution is 8.07. The third kappa shape index (κ3) is 1.04. The number of benzene rings is 2. The normalized spacial score (nSPS) is 26.1. The number of rotatable bonds is 0. The van der Waals surface area contributed by atoms with Crippen LogP contribution in [0.15, 0.2) is 42.5 Å². The van der Waals surface area contributed by atoms with Gasteiger partial charge in [0.15, 0.2) is 0 Å². The van der Waals surface area contributed by atoms with Crippen LogP contribution in [0.2, 0.25) is 0 Å². The molecule has 2 aromatic rings. The summed E-state index contributed by atoms with van der Waals surface area (Å²) in [6.45, 7) is 0. The zero-order valence-corrected chi connectivity index (χ0v) is 9.00. The topological polar surface area (TPSA) is 0 Å². The molecule has 0 bridgehead atoms. The van der Waals surface area contributed by atoms with E-state index in [9.17, 15) is 0 Å². The molecule has 1 aliphatic heterocycles. The second-order valence-corrected chi connectivity index (χ2v) is 5.49. The summed E-state index contributed by atoms with van der Waals surface area (Å²) >= 11 is 2.07. The second-order valence-electron chi connectivity index (χ2n) is 4.17. The molecule has 0 amide bonds. The molecule has 2 aromatic carbocycles. The molecule has 0 N–H and O–H groups in total. The van der Waals surface area contributed by atoms with E-state index in [1.165, 1.54) is 16.3 Å². The minimum absolute atomic E-state index is 0.732. The minimum Gasteiger partial charge on any atom is -0.143 e. The maximum Gasteiger partial charge on any atom is 0.0469 e. The summed E-state index contributed by atoms with van der Waals surface area (Å²) in [5.74, 6) is 0. The van der Waals surface area contributed by atoms with Crippen molar-refractivity contribution >= 4 is 28.6 Å². The van der Waals surface area contributed by atoms with Crippen LogP contribution in [0.5, 0.6) is 0 Å². The zero-order chi connectivity index (χ0) is 9.83. The van der Waals surface area contributed by atoms with Gasteiger partial charge in [-0.3, -0.25) is 0 Å². The Morgan fingerprint density at radius 3 is 2.93 bits per heavy atom. The fourth-order valence-electron chi connectivity index (χ4n) is 2.48. The molecule has 2 atom stereocenters. The van der Waals surface area contributed by atoms with E-state index in [4.69, 9.17) is 0 Å². The van der Waals surface area contributed by atoms with E-state index in [1.807, 2.05) is 0 Å². The summed E-state index contributed by atoms with van der Waals surface area (Å²) in [5, 5.41) is 4.30. The zero-order valence-electron chi connectivity index (χ0n) is 8.18. The lowest BCUT2D eigenvalue weighted by Crippen LogP contribution is -1.96. The van der Waals surface area contributed by atoms with E-state index in [1.54, 1.807) is 5.56 Å². The Balaban J connectivity index is 2.15. The van der Waals surface area contributed by atoms with Crippen LogP contribution in [-0.4, -0.2) is 5.25 Å². The van der Waals surface area contributed by atoms with E-state index in [2.05, 4.69) is 60.3 Å². The predicted octanol–water partition coefficient (Wildman–Crippen LogP) is 4.02. The molecule has 0 aromatic heterocycles. The van der Waals surface area contributed by atoms with Crippen molar-refractivity contribution < 1.29 is 0 Å². The lowest BCUT2D eigenvalue weighted by Gasteiger charge is -2.11. The monoisotopic (exact) mass is 210 g/mol. The van der Waals surface area contributed by atoms with Crippen LogP contribution in [-0.2, 0) is 0 Å². The third-order valence-electron chi connectivity index (χ3n) is 3.28. The van der Waals surface area contributed by atoms with Crippen molar-refractivity contribution in [3.8, 4) is 0 Å². The fraction of sp³-hybridized carbons (Fsp3) is 0.143. The standard InChI is InChI=1S/C14H10S/c1-2-4-11-9(3-1)5-6-10-7-8-12-14(15-12)13(10)11/h1-8,12,14H/t12-,14-/m0/s1. The van der Waals surface area contributed by atoms with Crippen molar-refractivity contribution in [1.29, 1.82) is 0 Å². The number of hydrogen-bond acceptors (Lipinski definition) is 1. The molecule has 0 unspecified atom stereocenters. The Labute approximate surface area is 93.0 Å². The molecule has 0 spiro atoms. The van der Waals surface area contributed by atoms with Gasteiger partial charge < -0.3 is 0 Å². The van der Waals surface area contributed by atoms with Gasteiger partial charge in [-0.05, 0) is 21.9 Å². The highest BCUT2D eigenvalue weighted by Crippen LogP contribution is 2.60. The van der Waals surface area contributed by atoms with Crippen LogP contribution in [0, 0.1) is 0 Å². The minimum atomic E-state index is 0.732. The van der Waals surface area contributed by atoms with Crippen molar-refractivity contribution in [2.75, 3.05) is 0 Å². The van der Waals surface area contributed by atoms with E-state index in [-0.39, 0.29) is 0 Å². The second kappa shape index (κ2) is 2.67. The van der Waals surface area contributed by atoms with Crippen LogP contribution in [0.3, 0.4) is 0 Å². The first kappa shape index (κ1) is 8.00. The molecule has 0 saturated carbocycles. The third-order valence-corrected chi connectivity index (χ3v) is 4.53. The SMILES string of the molecule is C1=C[C@@H]2S[C@@H]2c2c1ccc1ccccc21. The lowest BCUT2D eigenvalue weighted by atomic mass is 9.92. The van der Waals surface area contributed by atoms with Gasteiger partial charge in [0, 0.05) is 10.5 Å². The fourth-order valence-corrected chi connectivity index (χ4v) is 3.52. The molecule has 1 aliphatic carbocycles. The molecule has 0 nitrogen and oxygen atoms in total. The maximum atomic E-state index is 2.34. The quantitative estimate of drug-likeness (QED) is 0.592. The van der Waals surface area contributed by atoms with Gasteiger partial charge in [-0.25, -0.2) is 0 Å². The van der Waals surface area contributed by atoms with Gasteiger partial charge in [-0.2, -0.15) is 0 Å². The summed E-state index contributed by atoms with van der Waals surface area (Å²) in [7, 11) is 0. The van der Waals surface area contributed by atoms with Crippen molar-refractivity contribution in [2.24, 2.45) is 0 Å². The smallest absolute Gasteiger partial charge is 0.0469 e. The van der Waals surface area contributed by atoms with Crippen LogP contribution in [0.25, 0.3) is 16.8 Å². The average Bonchev–Trinajstić information content (AvgIpc) is 3.07. The van der Waals surface area contributed by atoms with Crippen molar-refractivity contribution in [3.63, 3.8) is 0 Å². The van der Waals surface area contributed by atoms with Crippen LogP contribution < -0.4 is 0 Å². The molecule has 0 radical (unpaired) electrons. The number of thioether (sulfide) groups is 1. The largest absolute Gasteiger partial charge is 0.143 e. The Morgan fingerprint density at radius 1 is 1.00 bits per heavy atom. The van der Waals surface area contributed by atoms with Gasteiger partial charge in [0.1, 0.15) is 0 Å². The van der Waals surface area contributed by atoms with Gasteiger partial charge >= 0.3 is 0 Å². The average molecular weight is 210 g/mol. The van der Waals surface area contributed by atoms with Gasteiger partial charge in [-0.1, -0.05) is 48.6 Å². The van der Waals surface area contributed by atoms with Crippen LogP contribution in [0.1, 0.15) is 16.4 Å². The predicted molar refractivity (Wildman–Crippen MR) is 67.1 cm³/mol. The van der Waals surface area contributed by atoms with Gasteiger partial charge in [0.05, 0.1) is 0 Å². The van der Waals surface area contributed by atoms with E-state index >= 15 is 0 Å². The molecule has 1 fully saturated rings. The molecular weight excluding hydrogens is 200 g/mol. The summed E-state index contributed by atoms with van der Waals surface area (Å²) in [5.41, 5.74) is 2.98. The number of hydrogen-bond donors (Lipinski definition) is 0. The summed E-state index contributed by atoms with van der Waals surface area (Å²) in [4.78, 5) is 0. The molecule has 1 saturated heterocycles. The van der Waals surface area contributed by atoms with E-state index < -0.39 is 0 Å². The lowest BCUT2D eigenvalue weighted by molar-refractivity contribution is 1.11. The molecule has 72 valence electrons. The highest BCUT2D eigenvalue weighted by Gasteiger charge is 2.41. The Kier molecular flexibility index (Phi) is 1.43. The molecule has 4 rings (SSSR count). The first-order valence-electron chi connectivity index (χ1n) is 5.29. The summed E-state index contributed by atoms with van der Waals surface area (Å²) in [6, 6.07) is 13.2. The Bertz CT molecular complexity index is 583. The Morgan fingerprint density at radius 2 is 1.93 bits per heavy atom. The van der Waals surface area contributed by atoms with E-state index in [0.717, 1.165) is 10.5 Å². The molecule has 1 heteroatoms. The van der Waals surface area contributed by atoms with Crippen LogP contribution in [0.4, 0.5) is 0 Å². The van der Waals surface area contributed by atoms with E-state index in [0.29, 0.717) is 0 Å². The number of fused-ring (bicyclic) bond motifs is 5. The maximum absolute atomic E-state index is 2.34. The highest BCUT2D eigenvalue weighted by atomic mass is 32.2. The van der Waals surface area contributed by atoms with Gasteiger partial charge in [0.25, 0.3) is 0 Å². The summed E-state index contributed by atoms with van der Waals surface area (Å²) < 4.78 is 0.